The summed E-state index contributed by atoms with van der Waals surface area (Å²) in [4.78, 5) is 55.3. The summed E-state index contributed by atoms with van der Waals surface area (Å²) in [6.45, 7) is 1.60. The van der Waals surface area contributed by atoms with Gasteiger partial charge in [-0.2, -0.15) is 0 Å². The van der Waals surface area contributed by atoms with Gasteiger partial charge in [-0.3, -0.25) is 24.5 Å². The highest BCUT2D eigenvalue weighted by molar-refractivity contribution is 6.07. The molecule has 11 heteroatoms. The molecule has 5 rings (SSSR count). The van der Waals surface area contributed by atoms with Crippen molar-refractivity contribution in [3.05, 3.63) is 96.3 Å². The molecular weight excluding hydrogens is 536 g/mol. The molecule has 0 aliphatic carbocycles. The molecule has 0 bridgehead atoms. The zero-order chi connectivity index (χ0) is 29.8. The number of nitrogens with zero attached hydrogens (tertiary/aromatic N) is 3. The molecule has 0 saturated carbocycles. The molecule has 42 heavy (non-hydrogen) atoms. The average Bonchev–Trinajstić information content (AvgIpc) is 3.60. The molecule has 0 aliphatic heterocycles. The van der Waals surface area contributed by atoms with Gasteiger partial charge in [-0.15, -0.1) is 0 Å². The van der Waals surface area contributed by atoms with Crippen LogP contribution in [0.25, 0.3) is 22.4 Å². The first kappa shape index (κ1) is 27.8. The fourth-order valence-corrected chi connectivity index (χ4v) is 4.49. The number of fused-ring (bicyclic) bond motifs is 1. The maximum absolute atomic E-state index is 13.2. The van der Waals surface area contributed by atoms with Crippen LogP contribution in [0.2, 0.25) is 0 Å². The van der Waals surface area contributed by atoms with Crippen molar-refractivity contribution < 1.29 is 23.6 Å². The van der Waals surface area contributed by atoms with E-state index in [0.717, 1.165) is 0 Å². The summed E-state index contributed by atoms with van der Waals surface area (Å²) in [5.41, 5.74) is 8.97. The predicted molar refractivity (Wildman–Crippen MR) is 159 cm³/mol. The SMILES string of the molecule is CC(=O)Nc1cccc(-c2ccc(C(=O)Nc3nc4cc(N(C)C(=O)c5ccccc5)ccc4n3CCC(N)=O)o2)c1. The van der Waals surface area contributed by atoms with Gasteiger partial charge < -0.3 is 24.9 Å². The van der Waals surface area contributed by atoms with Gasteiger partial charge in [-0.05, 0) is 54.6 Å². The summed E-state index contributed by atoms with van der Waals surface area (Å²) in [6.07, 6.45) is 0.0258. The van der Waals surface area contributed by atoms with E-state index in [1.54, 1.807) is 84.4 Å². The molecule has 0 aliphatic rings. The van der Waals surface area contributed by atoms with Gasteiger partial charge in [-0.1, -0.05) is 30.3 Å². The quantitative estimate of drug-likeness (QED) is 0.237. The first-order valence-corrected chi connectivity index (χ1v) is 13.1. The van der Waals surface area contributed by atoms with Crippen LogP contribution in [-0.4, -0.2) is 40.2 Å². The molecule has 0 fully saturated rings. The monoisotopic (exact) mass is 564 g/mol. The standard InChI is InChI=1S/C31H28N6O5/c1-19(38)33-22-10-6-9-21(17-22)26-13-14-27(42-26)29(40)35-31-34-24-18-23(11-12-25(24)37(31)16-15-28(32)39)36(2)30(41)20-7-4-3-5-8-20/h3-14,17-18H,15-16H2,1-2H3,(H2,32,39)(H,33,38)(H,34,35,40). The molecule has 0 spiro atoms. The molecule has 2 heterocycles. The number of primary amides is 1. The number of nitrogens with two attached hydrogens (primary N) is 1. The van der Waals surface area contributed by atoms with E-state index in [2.05, 4.69) is 15.6 Å². The Bertz CT molecular complexity index is 1810. The summed E-state index contributed by atoms with van der Waals surface area (Å²) in [6, 6.07) is 24.4. The minimum absolute atomic E-state index is 0.0258. The Morgan fingerprint density at radius 2 is 1.71 bits per heavy atom. The lowest BCUT2D eigenvalue weighted by molar-refractivity contribution is -0.118. The van der Waals surface area contributed by atoms with Gasteiger partial charge in [0.15, 0.2) is 5.76 Å². The Kier molecular flexibility index (Phi) is 7.82. The molecule has 0 saturated heterocycles. The Morgan fingerprint density at radius 3 is 2.45 bits per heavy atom. The molecule has 4 N–H and O–H groups in total. The highest BCUT2D eigenvalue weighted by Crippen LogP contribution is 2.28. The van der Waals surface area contributed by atoms with Gasteiger partial charge >= 0.3 is 0 Å². The van der Waals surface area contributed by atoms with Crippen LogP contribution in [-0.2, 0) is 16.1 Å². The molecule has 0 atom stereocenters. The second-order valence-corrected chi connectivity index (χ2v) is 9.59. The molecule has 11 nitrogen and oxygen atoms in total. The first-order chi connectivity index (χ1) is 20.2. The van der Waals surface area contributed by atoms with Crippen LogP contribution >= 0.6 is 0 Å². The third-order valence-corrected chi connectivity index (χ3v) is 6.55. The summed E-state index contributed by atoms with van der Waals surface area (Å²) < 4.78 is 7.50. The fraction of sp³-hybridized carbons (Fsp3) is 0.129. The van der Waals surface area contributed by atoms with Crippen LogP contribution in [0.15, 0.2) is 89.3 Å². The maximum atomic E-state index is 13.2. The number of benzene rings is 3. The number of furan rings is 1. The van der Waals surface area contributed by atoms with Gasteiger partial charge in [0.2, 0.25) is 17.8 Å². The highest BCUT2D eigenvalue weighted by atomic mass is 16.4. The summed E-state index contributed by atoms with van der Waals surface area (Å²) in [5.74, 6) is -0.776. The van der Waals surface area contributed by atoms with E-state index in [0.29, 0.717) is 39.3 Å². The van der Waals surface area contributed by atoms with Gasteiger partial charge in [0.05, 0.1) is 11.0 Å². The Morgan fingerprint density at radius 1 is 0.929 bits per heavy atom. The minimum Gasteiger partial charge on any atom is -0.451 e. The van der Waals surface area contributed by atoms with E-state index >= 15 is 0 Å². The molecule has 5 aromatic rings. The van der Waals surface area contributed by atoms with E-state index in [9.17, 15) is 19.2 Å². The second kappa shape index (κ2) is 11.8. The number of anilines is 3. The van der Waals surface area contributed by atoms with Gasteiger partial charge in [0, 0.05) is 49.4 Å². The highest BCUT2D eigenvalue weighted by Gasteiger charge is 2.20. The maximum Gasteiger partial charge on any atom is 0.293 e. The number of carbonyl (C=O) groups excluding carboxylic acids is 4. The van der Waals surface area contributed by atoms with Crippen molar-refractivity contribution in [2.75, 3.05) is 22.6 Å². The third kappa shape index (κ3) is 6.04. The average molecular weight is 565 g/mol. The second-order valence-electron chi connectivity index (χ2n) is 9.59. The lowest BCUT2D eigenvalue weighted by Gasteiger charge is -2.17. The molecular formula is C31H28N6O5. The van der Waals surface area contributed by atoms with Crippen LogP contribution in [0.3, 0.4) is 0 Å². The summed E-state index contributed by atoms with van der Waals surface area (Å²) in [7, 11) is 1.67. The number of rotatable bonds is 9. The molecule has 2 aromatic heterocycles. The van der Waals surface area contributed by atoms with E-state index in [-0.39, 0.29) is 36.5 Å². The molecule has 0 unspecified atom stereocenters. The normalized spacial score (nSPS) is 10.8. The van der Waals surface area contributed by atoms with E-state index < -0.39 is 11.8 Å². The molecule has 212 valence electrons. The predicted octanol–water partition coefficient (Wildman–Crippen LogP) is 4.66. The topological polar surface area (TPSA) is 153 Å². The Balaban J connectivity index is 1.42. The summed E-state index contributed by atoms with van der Waals surface area (Å²) >= 11 is 0. The van der Waals surface area contributed by atoms with E-state index in [4.69, 9.17) is 10.2 Å². The van der Waals surface area contributed by atoms with Crippen LogP contribution in [0.4, 0.5) is 17.3 Å². The number of aryl methyl sites for hydroxylation is 1. The van der Waals surface area contributed by atoms with Gasteiger partial charge in [0.25, 0.3) is 11.8 Å². The Hall–Kier alpha value is -5.71. The number of hydrogen-bond donors (Lipinski definition) is 3. The number of nitrogens with one attached hydrogen (secondary N) is 2. The van der Waals surface area contributed by atoms with Crippen molar-refractivity contribution in [2.45, 2.75) is 19.9 Å². The van der Waals surface area contributed by atoms with Crippen molar-refractivity contribution in [3.8, 4) is 11.3 Å². The number of hydrogen-bond acceptors (Lipinski definition) is 6. The van der Waals surface area contributed by atoms with E-state index in [1.165, 1.54) is 17.9 Å². The van der Waals surface area contributed by atoms with Crippen molar-refractivity contribution in [1.82, 2.24) is 9.55 Å². The van der Waals surface area contributed by atoms with Crippen LogP contribution in [0.5, 0.6) is 0 Å². The lowest BCUT2D eigenvalue weighted by atomic mass is 10.1. The number of aromatic nitrogens is 2. The number of imidazole rings is 1. The van der Waals surface area contributed by atoms with E-state index in [1.807, 2.05) is 6.07 Å². The minimum atomic E-state index is -0.550. The number of amides is 4. The van der Waals surface area contributed by atoms with Crippen LogP contribution in [0, 0.1) is 0 Å². The smallest absolute Gasteiger partial charge is 0.293 e. The summed E-state index contributed by atoms with van der Waals surface area (Å²) in [5, 5.41) is 5.48. The van der Waals surface area contributed by atoms with Crippen LogP contribution in [0.1, 0.15) is 34.3 Å². The third-order valence-electron chi connectivity index (χ3n) is 6.55. The van der Waals surface area contributed by atoms with Crippen molar-refractivity contribution in [2.24, 2.45) is 5.73 Å². The Labute approximate surface area is 240 Å². The molecule has 3 aromatic carbocycles. The zero-order valence-electron chi connectivity index (χ0n) is 23.0. The van der Waals surface area contributed by atoms with Crippen molar-refractivity contribution >= 4 is 52.0 Å². The van der Waals surface area contributed by atoms with Crippen molar-refractivity contribution in [3.63, 3.8) is 0 Å². The lowest BCUT2D eigenvalue weighted by Crippen LogP contribution is -2.26. The van der Waals surface area contributed by atoms with Gasteiger partial charge in [-0.25, -0.2) is 4.98 Å². The first-order valence-electron chi connectivity index (χ1n) is 13.1. The largest absolute Gasteiger partial charge is 0.451 e. The zero-order valence-corrected chi connectivity index (χ0v) is 23.0. The molecule has 4 amide bonds. The number of carbonyl (C=O) groups is 4. The molecule has 0 radical (unpaired) electrons. The van der Waals surface area contributed by atoms with Gasteiger partial charge in [0.1, 0.15) is 5.76 Å². The van der Waals surface area contributed by atoms with Crippen molar-refractivity contribution in [1.29, 1.82) is 0 Å². The van der Waals surface area contributed by atoms with Crippen LogP contribution < -0.4 is 21.3 Å². The fourth-order valence-electron chi connectivity index (χ4n) is 4.49.